The first-order valence-corrected chi connectivity index (χ1v) is 7.89. The second kappa shape index (κ2) is 4.59. The van der Waals surface area contributed by atoms with Gasteiger partial charge in [0, 0.05) is 14.2 Å². The molecular weight excluding hydrogens is 362 g/mol. The van der Waals surface area contributed by atoms with Crippen molar-refractivity contribution < 1.29 is 19.1 Å². The second-order valence-corrected chi connectivity index (χ2v) is 7.65. The Hall–Kier alpha value is 0.160. The van der Waals surface area contributed by atoms with Gasteiger partial charge < -0.3 is 9.47 Å². The lowest BCUT2D eigenvalue weighted by Gasteiger charge is -2.40. The summed E-state index contributed by atoms with van der Waals surface area (Å²) in [5.41, 5.74) is 0. The topological polar surface area (TPSA) is 52.6 Å². The predicted molar refractivity (Wildman–Crippen MR) is 79.3 cm³/mol. The van der Waals surface area contributed by atoms with Gasteiger partial charge in [0.2, 0.25) is 5.79 Å². The fourth-order valence-corrected chi connectivity index (χ4v) is 6.62. The van der Waals surface area contributed by atoms with Crippen LogP contribution in [0.4, 0.5) is 0 Å². The number of ether oxygens (including phenoxy) is 2. The number of halogens is 4. The summed E-state index contributed by atoms with van der Waals surface area (Å²) in [4.78, 5) is 21.6. The molecule has 0 amide bonds. The number of fused-ring (bicyclic) bond motifs is 5. The number of carbonyl (C=O) groups is 2. The molecule has 0 N–H and O–H groups in total. The Kier molecular flexibility index (Phi) is 3.50. The third-order valence-electron chi connectivity index (χ3n) is 4.91. The second-order valence-electron chi connectivity index (χ2n) is 5.46. The number of allylic oxidation sites excluding steroid dienone is 2. The van der Waals surface area contributed by atoms with Gasteiger partial charge in [-0.1, -0.05) is 0 Å². The Morgan fingerprint density at radius 2 is 1.24 bits per heavy atom. The van der Waals surface area contributed by atoms with Crippen LogP contribution in [0.2, 0.25) is 0 Å². The lowest BCUT2D eigenvalue weighted by molar-refractivity contribution is -0.223. The van der Waals surface area contributed by atoms with Crippen LogP contribution < -0.4 is 0 Å². The van der Waals surface area contributed by atoms with Crippen LogP contribution in [0, 0.1) is 11.8 Å². The van der Waals surface area contributed by atoms with Crippen molar-refractivity contribution in [3.63, 3.8) is 0 Å². The van der Waals surface area contributed by atoms with E-state index in [0.717, 1.165) is 0 Å². The van der Waals surface area contributed by atoms with Crippen LogP contribution in [0.15, 0.2) is 12.2 Å². The molecule has 0 aliphatic heterocycles. The van der Waals surface area contributed by atoms with Gasteiger partial charge >= 0.3 is 0 Å². The number of carbonyl (C=O) groups excluding carboxylic acids is 2. The van der Waals surface area contributed by atoms with Crippen LogP contribution in [0.1, 0.15) is 0 Å². The van der Waals surface area contributed by atoms with Crippen molar-refractivity contribution in [2.75, 3.05) is 14.2 Å². The summed E-state index contributed by atoms with van der Waals surface area (Å²) in [5, 5.41) is -1.80. The van der Waals surface area contributed by atoms with Crippen molar-refractivity contribution in [1.29, 1.82) is 0 Å². The molecule has 2 saturated carbocycles. The minimum Gasteiger partial charge on any atom is -0.350 e. The van der Waals surface area contributed by atoms with Crippen molar-refractivity contribution in [3.8, 4) is 0 Å². The van der Waals surface area contributed by atoms with Gasteiger partial charge in [0.25, 0.3) is 0 Å². The zero-order chi connectivity index (χ0) is 15.8. The first kappa shape index (κ1) is 16.0. The lowest BCUT2D eigenvalue weighted by atomic mass is 9.71. The standard InChI is InChI=1S/C13H12Cl4O4/c1-20-13(21-2)11(16)7-5(18)3-4-6(19)8(7)12(13,17)10(15)9(11)14/h3-4,7-10H,1-2H3/t7-,8+,9?,10?,11-,12+. The van der Waals surface area contributed by atoms with Gasteiger partial charge in [-0.15, -0.1) is 46.4 Å². The molecule has 0 aromatic carbocycles. The molecule has 2 unspecified atom stereocenters. The molecule has 0 heterocycles. The molecule has 2 bridgehead atoms. The van der Waals surface area contributed by atoms with Gasteiger partial charge in [0.05, 0.1) is 22.6 Å². The van der Waals surface area contributed by atoms with Crippen molar-refractivity contribution in [1.82, 2.24) is 0 Å². The third kappa shape index (κ3) is 1.39. The van der Waals surface area contributed by atoms with E-state index in [1.54, 1.807) is 0 Å². The summed E-state index contributed by atoms with van der Waals surface area (Å²) >= 11 is 26.2. The summed E-state index contributed by atoms with van der Waals surface area (Å²) in [6.45, 7) is 0. The molecule has 116 valence electrons. The molecule has 4 nitrogen and oxygen atoms in total. The summed E-state index contributed by atoms with van der Waals surface area (Å²) in [7, 11) is 2.69. The van der Waals surface area contributed by atoms with Crippen molar-refractivity contribution >= 4 is 58.0 Å². The zero-order valence-corrected chi connectivity index (χ0v) is 14.1. The Balaban J connectivity index is 2.34. The molecule has 0 spiro atoms. The van der Waals surface area contributed by atoms with Gasteiger partial charge in [0.1, 0.15) is 9.75 Å². The minimum absolute atomic E-state index is 0.329. The highest BCUT2D eigenvalue weighted by Gasteiger charge is 2.90. The summed E-state index contributed by atoms with van der Waals surface area (Å²) in [6, 6.07) is 0. The van der Waals surface area contributed by atoms with Crippen LogP contribution in [0.25, 0.3) is 0 Å². The first-order valence-electron chi connectivity index (χ1n) is 6.26. The van der Waals surface area contributed by atoms with Gasteiger partial charge in [-0.25, -0.2) is 0 Å². The first-order chi connectivity index (χ1) is 9.74. The maximum absolute atomic E-state index is 12.3. The van der Waals surface area contributed by atoms with Crippen LogP contribution in [0.5, 0.6) is 0 Å². The van der Waals surface area contributed by atoms with E-state index in [4.69, 9.17) is 55.9 Å². The van der Waals surface area contributed by atoms with E-state index < -0.39 is 38.1 Å². The van der Waals surface area contributed by atoms with Gasteiger partial charge in [0.15, 0.2) is 11.6 Å². The minimum atomic E-state index is -1.64. The Morgan fingerprint density at radius 1 is 0.905 bits per heavy atom. The van der Waals surface area contributed by atoms with Crippen molar-refractivity contribution in [2.45, 2.75) is 26.3 Å². The van der Waals surface area contributed by atoms with E-state index in [1.807, 2.05) is 0 Å². The molecule has 0 aromatic rings. The van der Waals surface area contributed by atoms with Crippen LogP contribution in [-0.2, 0) is 19.1 Å². The molecule has 0 aromatic heterocycles. The molecule has 21 heavy (non-hydrogen) atoms. The normalized spacial score (nSPS) is 50.6. The van der Waals surface area contributed by atoms with E-state index in [2.05, 4.69) is 0 Å². The predicted octanol–water partition coefficient (Wildman–Crippen LogP) is 2.11. The highest BCUT2D eigenvalue weighted by atomic mass is 35.5. The fraction of sp³-hybridized carbons (Fsp3) is 0.692. The largest absolute Gasteiger partial charge is 0.350 e. The average molecular weight is 374 g/mol. The van der Waals surface area contributed by atoms with E-state index >= 15 is 0 Å². The lowest BCUT2D eigenvalue weighted by Crippen LogP contribution is -2.58. The van der Waals surface area contributed by atoms with E-state index in [9.17, 15) is 9.59 Å². The quantitative estimate of drug-likeness (QED) is 0.549. The van der Waals surface area contributed by atoms with Crippen LogP contribution >= 0.6 is 46.4 Å². The van der Waals surface area contributed by atoms with Crippen LogP contribution in [0.3, 0.4) is 0 Å². The molecule has 3 rings (SSSR count). The van der Waals surface area contributed by atoms with Crippen molar-refractivity contribution in [2.24, 2.45) is 11.8 Å². The number of rotatable bonds is 2. The third-order valence-corrected chi connectivity index (χ3v) is 7.89. The smallest absolute Gasteiger partial charge is 0.211 e. The van der Waals surface area contributed by atoms with Gasteiger partial charge in [-0.3, -0.25) is 9.59 Å². The van der Waals surface area contributed by atoms with Gasteiger partial charge in [-0.05, 0) is 12.2 Å². The number of hydrogen-bond donors (Lipinski definition) is 0. The number of ketones is 2. The summed E-state index contributed by atoms with van der Waals surface area (Å²) in [6.07, 6.45) is 2.38. The van der Waals surface area contributed by atoms with E-state index in [1.165, 1.54) is 26.4 Å². The molecule has 6 atom stereocenters. The molecule has 0 saturated heterocycles. The Bertz CT molecular complexity index is 516. The number of methoxy groups -OCH3 is 2. The Morgan fingerprint density at radius 3 is 1.52 bits per heavy atom. The SMILES string of the molecule is COC1(OC)[C@@]2(Cl)C(Cl)C(Cl)[C@]1(Cl)[C@@H]1C(=O)C=CC(=O)[C@@H]12. The molecule has 2 fully saturated rings. The monoisotopic (exact) mass is 372 g/mol. The van der Waals surface area contributed by atoms with E-state index in [-0.39, 0.29) is 11.6 Å². The highest BCUT2D eigenvalue weighted by molar-refractivity contribution is 6.46. The Labute approximate surface area is 141 Å². The fourth-order valence-electron chi connectivity index (χ4n) is 4.14. The maximum Gasteiger partial charge on any atom is 0.211 e. The number of hydrogen-bond acceptors (Lipinski definition) is 4. The molecule has 3 aliphatic rings. The molecule has 8 heteroatoms. The van der Waals surface area contributed by atoms with Crippen LogP contribution in [-0.4, -0.2) is 52.1 Å². The maximum atomic E-state index is 12.3. The highest BCUT2D eigenvalue weighted by Crippen LogP contribution is 2.73. The van der Waals surface area contributed by atoms with Crippen molar-refractivity contribution in [3.05, 3.63) is 12.2 Å². The van der Waals surface area contributed by atoms with E-state index in [0.29, 0.717) is 0 Å². The molecule has 3 aliphatic carbocycles. The molecule has 0 radical (unpaired) electrons. The summed E-state index contributed by atoms with van der Waals surface area (Å²) in [5.74, 6) is -4.18. The number of alkyl halides is 4. The average Bonchev–Trinajstić information content (AvgIpc) is 2.72. The molecular formula is C13H12Cl4O4. The zero-order valence-electron chi connectivity index (χ0n) is 11.1. The summed E-state index contributed by atoms with van der Waals surface area (Å²) < 4.78 is 11.0. The van der Waals surface area contributed by atoms with Gasteiger partial charge in [-0.2, -0.15) is 0 Å².